The molecule has 29 heavy (non-hydrogen) atoms. The van der Waals surface area contributed by atoms with E-state index in [9.17, 15) is 4.79 Å². The quantitative estimate of drug-likeness (QED) is 0.376. The van der Waals surface area contributed by atoms with E-state index in [1.807, 2.05) is 0 Å². The molecule has 0 aliphatic heterocycles. The second-order valence-electron chi connectivity index (χ2n) is 8.74. The minimum atomic E-state index is -0.0134. The van der Waals surface area contributed by atoms with Crippen molar-refractivity contribution in [2.75, 3.05) is 66.4 Å². The second kappa shape index (κ2) is 16.0. The molecule has 0 heterocycles. The molecule has 0 saturated heterocycles. The van der Waals surface area contributed by atoms with Crippen LogP contribution in [0.1, 0.15) is 52.9 Å². The SMILES string of the molecule is CNC(=O)CCOCCOCCOCCOCCNC1CCC(C(C)(C)C)CC1. The molecule has 0 spiro atoms. The van der Waals surface area contributed by atoms with Crippen LogP contribution in [0.3, 0.4) is 0 Å². The van der Waals surface area contributed by atoms with Gasteiger partial charge in [0.25, 0.3) is 0 Å². The lowest BCUT2D eigenvalue weighted by atomic mass is 9.71. The van der Waals surface area contributed by atoms with E-state index >= 15 is 0 Å². The summed E-state index contributed by atoms with van der Waals surface area (Å²) in [6.45, 7) is 12.4. The summed E-state index contributed by atoms with van der Waals surface area (Å²) in [5.74, 6) is 0.847. The molecule has 0 radical (unpaired) electrons. The zero-order valence-corrected chi connectivity index (χ0v) is 19.1. The standard InChI is InChI=1S/C22H44N2O5/c1-22(2,3)19-5-7-20(8-6-19)24-10-12-27-14-16-29-18-17-28-15-13-26-11-9-21(25)23-4/h19-20,24H,5-18H2,1-4H3,(H,23,25). The Balaban J connectivity index is 1.77. The molecule has 1 rings (SSSR count). The van der Waals surface area contributed by atoms with Crippen molar-refractivity contribution in [3.05, 3.63) is 0 Å². The molecule has 1 aliphatic carbocycles. The predicted octanol–water partition coefficient (Wildman–Crippen LogP) is 2.38. The van der Waals surface area contributed by atoms with Gasteiger partial charge in [-0.3, -0.25) is 4.79 Å². The monoisotopic (exact) mass is 416 g/mol. The van der Waals surface area contributed by atoms with Crippen LogP contribution < -0.4 is 10.6 Å². The molecule has 0 aromatic heterocycles. The number of carbonyl (C=O) groups is 1. The fourth-order valence-electron chi connectivity index (χ4n) is 3.55. The lowest BCUT2D eigenvalue weighted by Crippen LogP contribution is -2.37. The molecule has 1 aliphatic rings. The van der Waals surface area contributed by atoms with Crippen molar-refractivity contribution in [3.8, 4) is 0 Å². The van der Waals surface area contributed by atoms with Crippen LogP contribution in [0.4, 0.5) is 0 Å². The van der Waals surface area contributed by atoms with Gasteiger partial charge >= 0.3 is 0 Å². The van der Waals surface area contributed by atoms with Crippen molar-refractivity contribution in [2.24, 2.45) is 11.3 Å². The van der Waals surface area contributed by atoms with Gasteiger partial charge in [0.2, 0.25) is 5.91 Å². The number of carbonyl (C=O) groups excluding carboxylic acids is 1. The summed E-state index contributed by atoms with van der Waals surface area (Å²) >= 11 is 0. The molecule has 172 valence electrons. The normalized spacial score (nSPS) is 20.0. The van der Waals surface area contributed by atoms with Gasteiger partial charge in [0.15, 0.2) is 0 Å². The Hall–Kier alpha value is -0.730. The van der Waals surface area contributed by atoms with Crippen LogP contribution in [0.5, 0.6) is 0 Å². The van der Waals surface area contributed by atoms with Gasteiger partial charge in [-0.05, 0) is 37.0 Å². The van der Waals surface area contributed by atoms with E-state index < -0.39 is 0 Å². The van der Waals surface area contributed by atoms with E-state index in [2.05, 4.69) is 31.4 Å². The van der Waals surface area contributed by atoms with Gasteiger partial charge in [-0.25, -0.2) is 0 Å². The minimum Gasteiger partial charge on any atom is -0.379 e. The lowest BCUT2D eigenvalue weighted by Gasteiger charge is -2.37. The molecular formula is C22H44N2O5. The smallest absolute Gasteiger partial charge is 0.222 e. The number of ether oxygens (including phenoxy) is 4. The van der Waals surface area contributed by atoms with Crippen LogP contribution >= 0.6 is 0 Å². The van der Waals surface area contributed by atoms with Crippen LogP contribution in [-0.4, -0.2) is 78.4 Å². The summed E-state index contributed by atoms with van der Waals surface area (Å²) in [5.41, 5.74) is 0.445. The summed E-state index contributed by atoms with van der Waals surface area (Å²) in [6.07, 6.45) is 5.61. The van der Waals surface area contributed by atoms with Crippen LogP contribution in [0.25, 0.3) is 0 Å². The number of hydrogen-bond donors (Lipinski definition) is 2. The fraction of sp³-hybridized carbons (Fsp3) is 0.955. The van der Waals surface area contributed by atoms with E-state index in [1.54, 1.807) is 7.05 Å². The largest absolute Gasteiger partial charge is 0.379 e. The number of rotatable bonds is 16. The summed E-state index contributed by atoms with van der Waals surface area (Å²) in [7, 11) is 1.62. The maximum atomic E-state index is 11.0. The van der Waals surface area contributed by atoms with Gasteiger partial charge in [0.05, 0.1) is 52.9 Å². The van der Waals surface area contributed by atoms with Gasteiger partial charge in [-0.15, -0.1) is 0 Å². The average Bonchev–Trinajstić information content (AvgIpc) is 2.70. The first-order valence-electron chi connectivity index (χ1n) is 11.2. The van der Waals surface area contributed by atoms with Gasteiger partial charge in [0.1, 0.15) is 0 Å². The number of amides is 1. The predicted molar refractivity (Wildman–Crippen MR) is 115 cm³/mol. The maximum absolute atomic E-state index is 11.0. The first kappa shape index (κ1) is 26.3. The highest BCUT2D eigenvalue weighted by Crippen LogP contribution is 2.37. The van der Waals surface area contributed by atoms with Crippen molar-refractivity contribution in [2.45, 2.75) is 58.9 Å². The fourth-order valence-corrected chi connectivity index (χ4v) is 3.55. The van der Waals surface area contributed by atoms with Crippen LogP contribution in [-0.2, 0) is 23.7 Å². The van der Waals surface area contributed by atoms with Crippen LogP contribution in [0, 0.1) is 11.3 Å². The summed E-state index contributed by atoms with van der Waals surface area (Å²) in [6, 6.07) is 0.651. The third kappa shape index (κ3) is 14.0. The molecular weight excluding hydrogens is 372 g/mol. The van der Waals surface area contributed by atoms with Gasteiger partial charge in [0, 0.05) is 26.1 Å². The molecule has 0 aromatic carbocycles. The van der Waals surface area contributed by atoms with E-state index in [0.29, 0.717) is 64.1 Å². The van der Waals surface area contributed by atoms with E-state index in [-0.39, 0.29) is 5.91 Å². The zero-order chi connectivity index (χ0) is 21.4. The van der Waals surface area contributed by atoms with Crippen molar-refractivity contribution in [1.29, 1.82) is 0 Å². The Morgan fingerprint density at radius 2 is 1.28 bits per heavy atom. The van der Waals surface area contributed by atoms with Gasteiger partial charge < -0.3 is 29.6 Å². The summed E-state index contributed by atoms with van der Waals surface area (Å²) in [4.78, 5) is 11.0. The van der Waals surface area contributed by atoms with E-state index in [1.165, 1.54) is 25.7 Å². The van der Waals surface area contributed by atoms with Crippen molar-refractivity contribution >= 4 is 5.91 Å². The molecule has 0 atom stereocenters. The topological polar surface area (TPSA) is 78.1 Å². The van der Waals surface area contributed by atoms with Gasteiger partial charge in [-0.1, -0.05) is 20.8 Å². The molecule has 1 fully saturated rings. The summed E-state index contributed by atoms with van der Waals surface area (Å²) in [5, 5.41) is 6.17. The maximum Gasteiger partial charge on any atom is 0.222 e. The molecule has 7 nitrogen and oxygen atoms in total. The lowest BCUT2D eigenvalue weighted by molar-refractivity contribution is -0.121. The third-order valence-electron chi connectivity index (χ3n) is 5.50. The Kier molecular flexibility index (Phi) is 14.5. The van der Waals surface area contributed by atoms with Crippen molar-refractivity contribution in [1.82, 2.24) is 10.6 Å². The molecule has 7 heteroatoms. The van der Waals surface area contributed by atoms with E-state index in [0.717, 1.165) is 19.1 Å². The van der Waals surface area contributed by atoms with Crippen LogP contribution in [0.15, 0.2) is 0 Å². The summed E-state index contributed by atoms with van der Waals surface area (Å²) < 4.78 is 21.8. The Morgan fingerprint density at radius 1 is 0.793 bits per heavy atom. The van der Waals surface area contributed by atoms with Crippen molar-refractivity contribution < 1.29 is 23.7 Å². The molecule has 0 unspecified atom stereocenters. The first-order chi connectivity index (χ1) is 13.9. The molecule has 1 amide bonds. The number of hydrogen-bond acceptors (Lipinski definition) is 6. The third-order valence-corrected chi connectivity index (χ3v) is 5.50. The molecule has 1 saturated carbocycles. The number of nitrogens with one attached hydrogen (secondary N) is 2. The average molecular weight is 417 g/mol. The van der Waals surface area contributed by atoms with E-state index in [4.69, 9.17) is 18.9 Å². The highest BCUT2D eigenvalue weighted by Gasteiger charge is 2.29. The molecule has 2 N–H and O–H groups in total. The Labute approximate surface area is 177 Å². The Morgan fingerprint density at radius 3 is 1.76 bits per heavy atom. The minimum absolute atomic E-state index is 0.0134. The molecule has 0 bridgehead atoms. The Bertz CT molecular complexity index is 406. The highest BCUT2D eigenvalue weighted by molar-refractivity contribution is 5.75. The second-order valence-corrected chi connectivity index (χ2v) is 8.74. The van der Waals surface area contributed by atoms with Crippen LogP contribution in [0.2, 0.25) is 0 Å². The molecule has 0 aromatic rings. The van der Waals surface area contributed by atoms with Gasteiger partial charge in [-0.2, -0.15) is 0 Å². The first-order valence-corrected chi connectivity index (χ1v) is 11.2. The zero-order valence-electron chi connectivity index (χ0n) is 19.1. The highest BCUT2D eigenvalue weighted by atomic mass is 16.6. The van der Waals surface area contributed by atoms with Crippen molar-refractivity contribution in [3.63, 3.8) is 0 Å².